The third-order valence-electron chi connectivity index (χ3n) is 4.68. The highest BCUT2D eigenvalue weighted by molar-refractivity contribution is 5.98. The highest BCUT2D eigenvalue weighted by Crippen LogP contribution is 2.40. The predicted molar refractivity (Wildman–Crippen MR) is 115 cm³/mol. The van der Waals surface area contributed by atoms with E-state index >= 15 is 0 Å². The number of carbonyl (C=O) groups is 1. The lowest BCUT2D eigenvalue weighted by Gasteiger charge is -2.19. The Balaban J connectivity index is 2.08. The SMILES string of the molecule is CCCCOc1cc(-c2ccccc2)c(OC)c(C)c1C(=O)Oc1ccccc1. The van der Waals surface area contributed by atoms with Crippen LogP contribution in [0.15, 0.2) is 66.7 Å². The van der Waals surface area contributed by atoms with Crippen LogP contribution in [0, 0.1) is 6.92 Å². The number of hydrogen-bond acceptors (Lipinski definition) is 4. The molecule has 0 heterocycles. The van der Waals surface area contributed by atoms with E-state index in [4.69, 9.17) is 14.2 Å². The fourth-order valence-corrected chi connectivity index (χ4v) is 3.20. The number of benzene rings is 3. The minimum absolute atomic E-state index is 0.390. The summed E-state index contributed by atoms with van der Waals surface area (Å²) in [6.45, 7) is 4.49. The smallest absolute Gasteiger partial charge is 0.347 e. The summed E-state index contributed by atoms with van der Waals surface area (Å²) in [5.74, 6) is 1.18. The summed E-state index contributed by atoms with van der Waals surface area (Å²) < 4.78 is 17.3. The molecule has 0 saturated carbocycles. The van der Waals surface area contributed by atoms with E-state index in [0.29, 0.717) is 35.0 Å². The maximum Gasteiger partial charge on any atom is 0.347 e. The van der Waals surface area contributed by atoms with Gasteiger partial charge in [-0.05, 0) is 37.1 Å². The van der Waals surface area contributed by atoms with Crippen LogP contribution in [-0.4, -0.2) is 19.7 Å². The Morgan fingerprint density at radius 3 is 2.24 bits per heavy atom. The molecule has 29 heavy (non-hydrogen) atoms. The molecule has 0 aromatic heterocycles. The fourth-order valence-electron chi connectivity index (χ4n) is 3.20. The van der Waals surface area contributed by atoms with Gasteiger partial charge >= 0.3 is 5.97 Å². The average molecular weight is 390 g/mol. The number of rotatable bonds is 8. The normalized spacial score (nSPS) is 10.4. The maximum atomic E-state index is 13.0. The number of para-hydroxylation sites is 1. The van der Waals surface area contributed by atoms with Crippen molar-refractivity contribution in [3.63, 3.8) is 0 Å². The van der Waals surface area contributed by atoms with E-state index in [1.165, 1.54) is 0 Å². The molecular weight excluding hydrogens is 364 g/mol. The second-order valence-corrected chi connectivity index (χ2v) is 6.73. The zero-order valence-corrected chi connectivity index (χ0v) is 17.1. The summed E-state index contributed by atoms with van der Waals surface area (Å²) in [7, 11) is 1.61. The van der Waals surface area contributed by atoms with Crippen molar-refractivity contribution in [1.82, 2.24) is 0 Å². The highest BCUT2D eigenvalue weighted by Gasteiger charge is 2.24. The second kappa shape index (κ2) is 9.78. The summed E-state index contributed by atoms with van der Waals surface area (Å²) in [5, 5.41) is 0. The second-order valence-electron chi connectivity index (χ2n) is 6.73. The summed E-state index contributed by atoms with van der Waals surface area (Å²) in [6, 6.07) is 20.8. The van der Waals surface area contributed by atoms with Crippen molar-refractivity contribution in [3.05, 3.63) is 77.9 Å². The van der Waals surface area contributed by atoms with E-state index < -0.39 is 5.97 Å². The van der Waals surface area contributed by atoms with Gasteiger partial charge in [-0.1, -0.05) is 61.9 Å². The maximum absolute atomic E-state index is 13.0. The van der Waals surface area contributed by atoms with Gasteiger partial charge in [-0.3, -0.25) is 0 Å². The van der Waals surface area contributed by atoms with Crippen LogP contribution in [0.4, 0.5) is 0 Å². The Morgan fingerprint density at radius 1 is 0.966 bits per heavy atom. The molecule has 0 aliphatic carbocycles. The molecular formula is C25H26O4. The number of ether oxygens (including phenoxy) is 3. The Labute approximate surface area is 172 Å². The first-order chi connectivity index (χ1) is 14.2. The van der Waals surface area contributed by atoms with Gasteiger partial charge in [0.25, 0.3) is 0 Å². The third kappa shape index (κ3) is 4.77. The molecule has 0 atom stereocenters. The molecule has 150 valence electrons. The van der Waals surface area contributed by atoms with Gasteiger partial charge in [0.1, 0.15) is 22.8 Å². The van der Waals surface area contributed by atoms with Gasteiger partial charge in [-0.25, -0.2) is 4.79 Å². The molecule has 0 aliphatic heterocycles. The van der Waals surface area contributed by atoms with Crippen LogP contribution < -0.4 is 14.2 Å². The van der Waals surface area contributed by atoms with Crippen molar-refractivity contribution in [2.45, 2.75) is 26.7 Å². The molecule has 0 radical (unpaired) electrons. The summed E-state index contributed by atoms with van der Waals surface area (Å²) in [4.78, 5) is 13.0. The van der Waals surface area contributed by atoms with Crippen LogP contribution in [0.1, 0.15) is 35.7 Å². The molecule has 4 nitrogen and oxygen atoms in total. The molecule has 0 aliphatic rings. The lowest BCUT2D eigenvalue weighted by molar-refractivity contribution is 0.0729. The first-order valence-corrected chi connectivity index (χ1v) is 9.82. The predicted octanol–water partition coefficient (Wildman–Crippen LogP) is 6.07. The highest BCUT2D eigenvalue weighted by atomic mass is 16.5. The summed E-state index contributed by atoms with van der Waals surface area (Å²) >= 11 is 0. The monoisotopic (exact) mass is 390 g/mol. The van der Waals surface area contributed by atoms with Gasteiger partial charge < -0.3 is 14.2 Å². The number of hydrogen-bond donors (Lipinski definition) is 0. The quantitative estimate of drug-likeness (QED) is 0.266. The summed E-state index contributed by atoms with van der Waals surface area (Å²) in [6.07, 6.45) is 1.91. The van der Waals surface area contributed by atoms with Crippen molar-refractivity contribution in [3.8, 4) is 28.4 Å². The van der Waals surface area contributed by atoms with E-state index in [1.54, 1.807) is 19.2 Å². The Hall–Kier alpha value is -3.27. The fraction of sp³-hybridized carbons (Fsp3) is 0.240. The average Bonchev–Trinajstić information content (AvgIpc) is 2.75. The molecule has 0 saturated heterocycles. The molecule has 0 fully saturated rings. The Morgan fingerprint density at radius 2 is 1.62 bits per heavy atom. The van der Waals surface area contributed by atoms with Crippen molar-refractivity contribution < 1.29 is 19.0 Å². The minimum atomic E-state index is -0.460. The van der Waals surface area contributed by atoms with E-state index in [0.717, 1.165) is 24.0 Å². The van der Waals surface area contributed by atoms with Crippen LogP contribution in [0.25, 0.3) is 11.1 Å². The number of unbranched alkanes of at least 4 members (excludes halogenated alkanes) is 1. The van der Waals surface area contributed by atoms with Crippen LogP contribution in [0.5, 0.6) is 17.2 Å². The third-order valence-corrected chi connectivity index (χ3v) is 4.68. The van der Waals surface area contributed by atoms with E-state index in [-0.39, 0.29) is 0 Å². The van der Waals surface area contributed by atoms with Crippen molar-refractivity contribution in [2.75, 3.05) is 13.7 Å². The molecule has 0 amide bonds. The minimum Gasteiger partial charge on any atom is -0.496 e. The van der Waals surface area contributed by atoms with E-state index in [1.807, 2.05) is 61.5 Å². The molecule has 0 bridgehead atoms. The lowest BCUT2D eigenvalue weighted by atomic mass is 9.97. The van der Waals surface area contributed by atoms with Gasteiger partial charge in [-0.2, -0.15) is 0 Å². The topological polar surface area (TPSA) is 44.8 Å². The van der Waals surface area contributed by atoms with Crippen molar-refractivity contribution in [2.24, 2.45) is 0 Å². The molecule has 4 heteroatoms. The zero-order chi connectivity index (χ0) is 20.6. The van der Waals surface area contributed by atoms with Crippen LogP contribution >= 0.6 is 0 Å². The number of methoxy groups -OCH3 is 1. The molecule has 0 unspecified atom stereocenters. The van der Waals surface area contributed by atoms with E-state index in [2.05, 4.69) is 6.92 Å². The van der Waals surface area contributed by atoms with Crippen LogP contribution in [0.3, 0.4) is 0 Å². The Kier molecular flexibility index (Phi) is 6.90. The lowest BCUT2D eigenvalue weighted by Crippen LogP contribution is -2.14. The standard InChI is InChI=1S/C25H26O4/c1-4-5-16-28-22-17-21(19-12-8-6-9-13-19)24(27-3)18(2)23(22)25(26)29-20-14-10-7-11-15-20/h6-15,17H,4-5,16H2,1-3H3. The Bertz CT molecular complexity index is 950. The van der Waals surface area contributed by atoms with Gasteiger partial charge in [0.2, 0.25) is 0 Å². The molecule has 0 N–H and O–H groups in total. The number of esters is 1. The molecule has 3 aromatic carbocycles. The first kappa shape index (κ1) is 20.5. The van der Waals surface area contributed by atoms with Crippen molar-refractivity contribution in [1.29, 1.82) is 0 Å². The van der Waals surface area contributed by atoms with Crippen LogP contribution in [0.2, 0.25) is 0 Å². The molecule has 3 rings (SSSR count). The molecule has 3 aromatic rings. The van der Waals surface area contributed by atoms with Gasteiger partial charge in [0.15, 0.2) is 0 Å². The van der Waals surface area contributed by atoms with Gasteiger partial charge in [0.05, 0.1) is 13.7 Å². The van der Waals surface area contributed by atoms with Crippen LogP contribution in [-0.2, 0) is 0 Å². The first-order valence-electron chi connectivity index (χ1n) is 9.82. The van der Waals surface area contributed by atoms with Crippen molar-refractivity contribution >= 4 is 5.97 Å². The number of carbonyl (C=O) groups excluding carboxylic acids is 1. The summed E-state index contributed by atoms with van der Waals surface area (Å²) in [5.41, 5.74) is 2.96. The largest absolute Gasteiger partial charge is 0.496 e. The van der Waals surface area contributed by atoms with E-state index in [9.17, 15) is 4.79 Å². The van der Waals surface area contributed by atoms with Gasteiger partial charge in [-0.15, -0.1) is 0 Å². The zero-order valence-electron chi connectivity index (χ0n) is 17.1. The van der Waals surface area contributed by atoms with Gasteiger partial charge in [0, 0.05) is 11.1 Å². The molecule has 0 spiro atoms.